The van der Waals surface area contributed by atoms with E-state index in [1.165, 1.54) is 12.2 Å². The normalized spacial score (nSPS) is 19.6. The molecular weight excluding hydrogens is 270 g/mol. The van der Waals surface area contributed by atoms with Gasteiger partial charge in [0.15, 0.2) is 0 Å². The summed E-state index contributed by atoms with van der Waals surface area (Å²) in [6.07, 6.45) is 1.21. The Bertz CT molecular complexity index is 446. The van der Waals surface area contributed by atoms with Gasteiger partial charge in [0.25, 0.3) is 0 Å². The number of carbonyl (C=O) groups is 1. The second-order valence-electron chi connectivity index (χ2n) is 5.20. The number of anilines is 1. The van der Waals surface area contributed by atoms with Gasteiger partial charge in [-0.3, -0.25) is 0 Å². The second kappa shape index (κ2) is 7.55. The summed E-state index contributed by atoms with van der Waals surface area (Å²) in [4.78, 5) is 11.9. The number of hydrogen-bond donors (Lipinski definition) is 3. The summed E-state index contributed by atoms with van der Waals surface area (Å²) in [5, 5.41) is 9.05. The van der Waals surface area contributed by atoms with Crippen LogP contribution in [0, 0.1) is 5.92 Å². The van der Waals surface area contributed by atoms with Crippen molar-refractivity contribution in [2.45, 2.75) is 19.4 Å². The predicted octanol–water partition coefficient (Wildman–Crippen LogP) is 2.84. The van der Waals surface area contributed by atoms with Crippen molar-refractivity contribution >= 4 is 23.5 Å². The van der Waals surface area contributed by atoms with Crippen LogP contribution in [0.15, 0.2) is 24.3 Å². The fourth-order valence-corrected chi connectivity index (χ4v) is 3.49. The highest BCUT2D eigenvalue weighted by atomic mass is 32.2. The van der Waals surface area contributed by atoms with Crippen molar-refractivity contribution < 1.29 is 4.79 Å². The molecular formula is C15H23N3OS. The molecule has 2 atom stereocenters. The molecule has 1 heterocycles. The van der Waals surface area contributed by atoms with E-state index in [1.807, 2.05) is 37.0 Å². The van der Waals surface area contributed by atoms with Gasteiger partial charge >= 0.3 is 6.03 Å². The Balaban J connectivity index is 1.83. The molecule has 1 fully saturated rings. The minimum Gasteiger partial charge on any atom is -0.338 e. The van der Waals surface area contributed by atoms with Crippen molar-refractivity contribution in [3.8, 4) is 0 Å². The Morgan fingerprint density at radius 1 is 1.50 bits per heavy atom. The molecule has 1 aromatic rings. The molecule has 1 aliphatic heterocycles. The van der Waals surface area contributed by atoms with E-state index < -0.39 is 0 Å². The maximum absolute atomic E-state index is 11.9. The molecule has 3 N–H and O–H groups in total. The number of urea groups is 1. The molecule has 20 heavy (non-hydrogen) atoms. The van der Waals surface area contributed by atoms with E-state index >= 15 is 0 Å². The van der Waals surface area contributed by atoms with Gasteiger partial charge in [-0.25, -0.2) is 4.79 Å². The van der Waals surface area contributed by atoms with Gasteiger partial charge in [-0.05, 0) is 55.5 Å². The number of thioether (sulfide) groups is 1. The average Bonchev–Trinajstić information content (AvgIpc) is 2.98. The van der Waals surface area contributed by atoms with Crippen molar-refractivity contribution in [3.63, 3.8) is 0 Å². The van der Waals surface area contributed by atoms with Crippen LogP contribution in [0.4, 0.5) is 10.5 Å². The molecule has 0 bridgehead atoms. The predicted molar refractivity (Wildman–Crippen MR) is 86.4 cm³/mol. The van der Waals surface area contributed by atoms with Crippen LogP contribution in [0.2, 0.25) is 0 Å². The molecule has 2 amide bonds. The number of amides is 2. The smallest absolute Gasteiger partial charge is 0.319 e. The van der Waals surface area contributed by atoms with Crippen molar-refractivity contribution in [1.82, 2.24) is 10.6 Å². The van der Waals surface area contributed by atoms with E-state index in [2.05, 4.69) is 28.9 Å². The van der Waals surface area contributed by atoms with Gasteiger partial charge in [0.2, 0.25) is 0 Å². The van der Waals surface area contributed by atoms with E-state index in [0.717, 1.165) is 23.5 Å². The lowest BCUT2D eigenvalue weighted by Crippen LogP contribution is -2.33. The van der Waals surface area contributed by atoms with Gasteiger partial charge in [0.05, 0.1) is 0 Å². The summed E-state index contributed by atoms with van der Waals surface area (Å²) in [5.41, 5.74) is 2.00. The zero-order chi connectivity index (χ0) is 14.4. The summed E-state index contributed by atoms with van der Waals surface area (Å²) in [6.45, 7) is 2.86. The minimum absolute atomic E-state index is 0.115. The van der Waals surface area contributed by atoms with Gasteiger partial charge in [-0.15, -0.1) is 0 Å². The molecule has 110 valence electrons. The minimum atomic E-state index is -0.115. The van der Waals surface area contributed by atoms with Gasteiger partial charge in [-0.2, -0.15) is 11.8 Å². The molecule has 0 saturated carbocycles. The molecule has 0 aliphatic carbocycles. The van der Waals surface area contributed by atoms with Crippen LogP contribution in [0.25, 0.3) is 0 Å². The van der Waals surface area contributed by atoms with Crippen LogP contribution in [0.5, 0.6) is 0 Å². The average molecular weight is 293 g/mol. The number of rotatable bonds is 5. The zero-order valence-electron chi connectivity index (χ0n) is 12.1. The Morgan fingerprint density at radius 3 is 3.05 bits per heavy atom. The first kappa shape index (κ1) is 15.2. The maximum atomic E-state index is 11.9. The fourth-order valence-electron chi connectivity index (χ4n) is 2.21. The van der Waals surface area contributed by atoms with Crippen LogP contribution < -0.4 is 16.0 Å². The Hall–Kier alpha value is -1.20. The quantitative estimate of drug-likeness (QED) is 0.782. The molecule has 0 spiro atoms. The molecule has 4 nitrogen and oxygen atoms in total. The molecule has 0 radical (unpaired) electrons. The van der Waals surface area contributed by atoms with E-state index in [0.29, 0.717) is 5.92 Å². The van der Waals surface area contributed by atoms with Crippen LogP contribution in [-0.4, -0.2) is 31.1 Å². The summed E-state index contributed by atoms with van der Waals surface area (Å²) in [5.74, 6) is 3.01. The SMILES string of the molecule is CNC(C)c1cccc(NC(=O)NCC2CCSC2)c1. The Kier molecular flexibility index (Phi) is 5.73. The van der Waals surface area contributed by atoms with E-state index in [1.54, 1.807) is 0 Å². The summed E-state index contributed by atoms with van der Waals surface area (Å²) in [7, 11) is 1.93. The molecule has 1 aliphatic rings. The largest absolute Gasteiger partial charge is 0.338 e. The van der Waals surface area contributed by atoms with Crippen LogP contribution in [0.3, 0.4) is 0 Å². The Labute approximate surface area is 125 Å². The van der Waals surface area contributed by atoms with Crippen molar-refractivity contribution in [2.24, 2.45) is 5.92 Å². The third-order valence-electron chi connectivity index (χ3n) is 3.65. The van der Waals surface area contributed by atoms with Crippen LogP contribution in [-0.2, 0) is 0 Å². The van der Waals surface area contributed by atoms with Crippen molar-refractivity contribution in [3.05, 3.63) is 29.8 Å². The van der Waals surface area contributed by atoms with Crippen molar-refractivity contribution in [1.29, 1.82) is 0 Å². The Morgan fingerprint density at radius 2 is 2.35 bits per heavy atom. The van der Waals surface area contributed by atoms with Gasteiger partial charge < -0.3 is 16.0 Å². The van der Waals surface area contributed by atoms with Crippen molar-refractivity contribution in [2.75, 3.05) is 30.4 Å². The number of nitrogens with one attached hydrogen (secondary N) is 3. The van der Waals surface area contributed by atoms with Gasteiger partial charge in [0.1, 0.15) is 0 Å². The first-order chi connectivity index (χ1) is 9.69. The highest BCUT2D eigenvalue weighted by Crippen LogP contribution is 2.22. The summed E-state index contributed by atoms with van der Waals surface area (Å²) in [6, 6.07) is 8.10. The third-order valence-corrected chi connectivity index (χ3v) is 4.88. The number of carbonyl (C=O) groups excluding carboxylic acids is 1. The first-order valence-corrected chi connectivity index (χ1v) is 8.24. The van der Waals surface area contributed by atoms with Gasteiger partial charge in [0, 0.05) is 18.3 Å². The zero-order valence-corrected chi connectivity index (χ0v) is 12.9. The molecule has 5 heteroatoms. The molecule has 2 unspecified atom stereocenters. The molecule has 2 rings (SSSR count). The van der Waals surface area contributed by atoms with Crippen LogP contribution >= 0.6 is 11.8 Å². The second-order valence-corrected chi connectivity index (χ2v) is 6.35. The first-order valence-electron chi connectivity index (χ1n) is 7.09. The molecule has 1 saturated heterocycles. The third kappa shape index (κ3) is 4.42. The number of benzene rings is 1. The van der Waals surface area contributed by atoms with Crippen LogP contribution in [0.1, 0.15) is 24.9 Å². The number of hydrogen-bond acceptors (Lipinski definition) is 3. The fraction of sp³-hybridized carbons (Fsp3) is 0.533. The lowest BCUT2D eigenvalue weighted by atomic mass is 10.1. The summed E-state index contributed by atoms with van der Waals surface area (Å²) < 4.78 is 0. The highest BCUT2D eigenvalue weighted by molar-refractivity contribution is 7.99. The maximum Gasteiger partial charge on any atom is 0.319 e. The molecule has 1 aromatic carbocycles. The van der Waals surface area contributed by atoms with Gasteiger partial charge in [-0.1, -0.05) is 12.1 Å². The van der Waals surface area contributed by atoms with E-state index in [-0.39, 0.29) is 12.1 Å². The van der Waals surface area contributed by atoms with E-state index in [9.17, 15) is 4.79 Å². The lowest BCUT2D eigenvalue weighted by molar-refractivity contribution is 0.250. The monoisotopic (exact) mass is 293 g/mol. The van der Waals surface area contributed by atoms with E-state index in [4.69, 9.17) is 0 Å². The lowest BCUT2D eigenvalue weighted by Gasteiger charge is -2.14. The summed E-state index contributed by atoms with van der Waals surface area (Å²) >= 11 is 1.97. The molecule has 0 aromatic heterocycles. The topological polar surface area (TPSA) is 53.2 Å². The highest BCUT2D eigenvalue weighted by Gasteiger charge is 2.16. The standard InChI is InChI=1S/C15H23N3OS/c1-11(16-2)13-4-3-5-14(8-13)18-15(19)17-9-12-6-7-20-10-12/h3-5,8,11-12,16H,6-7,9-10H2,1-2H3,(H2,17,18,19).